The summed E-state index contributed by atoms with van der Waals surface area (Å²) in [5.74, 6) is 0.364. The normalized spacial score (nSPS) is 17.2. The van der Waals surface area contributed by atoms with Crippen LogP contribution in [-0.4, -0.2) is 24.5 Å². The number of nitrogens with zero attached hydrogens (tertiary/aromatic N) is 1. The summed E-state index contributed by atoms with van der Waals surface area (Å²) >= 11 is 0. The van der Waals surface area contributed by atoms with Gasteiger partial charge in [-0.15, -0.1) is 0 Å². The van der Waals surface area contributed by atoms with Crippen LogP contribution in [-0.2, 0) is 9.59 Å². The van der Waals surface area contributed by atoms with E-state index < -0.39 is 6.04 Å². The summed E-state index contributed by atoms with van der Waals surface area (Å²) < 4.78 is 5.40. The van der Waals surface area contributed by atoms with Crippen molar-refractivity contribution in [3.63, 3.8) is 0 Å². The predicted octanol–water partition coefficient (Wildman–Crippen LogP) is 3.14. The number of hydrogen-bond acceptors (Lipinski definition) is 4. The Kier molecular flexibility index (Phi) is 4.51. The van der Waals surface area contributed by atoms with Gasteiger partial charge in [0.25, 0.3) is 5.91 Å². The minimum atomic E-state index is -0.545. The molecule has 0 spiro atoms. The van der Waals surface area contributed by atoms with Crippen molar-refractivity contribution in [3.8, 4) is 5.75 Å². The molecule has 0 saturated carbocycles. The van der Waals surface area contributed by atoms with E-state index in [2.05, 4.69) is 5.32 Å². The van der Waals surface area contributed by atoms with Gasteiger partial charge in [-0.2, -0.15) is 0 Å². The van der Waals surface area contributed by atoms with Gasteiger partial charge in [-0.25, -0.2) is 4.90 Å². The topological polar surface area (TPSA) is 58.6 Å². The summed E-state index contributed by atoms with van der Waals surface area (Å²) in [7, 11) is 0. The third-order valence-corrected chi connectivity index (χ3v) is 3.95. The molecule has 0 radical (unpaired) electrons. The maximum Gasteiger partial charge on any atom is 0.256 e. The van der Waals surface area contributed by atoms with Crippen LogP contribution in [0.1, 0.15) is 18.9 Å². The standard InChI is InChI=1S/C19H20N2O3/c1-3-24-16-10-6-14(7-11-16)20-17-12-18(22)21(19(17)23)15-8-4-13(2)5-9-15/h4-11,17,20H,3,12H2,1-2H3/t17-/m0/s1. The molecule has 1 fully saturated rings. The Labute approximate surface area is 141 Å². The van der Waals surface area contributed by atoms with Crippen LogP contribution in [0.25, 0.3) is 0 Å². The lowest BCUT2D eigenvalue weighted by molar-refractivity contribution is -0.121. The second-order valence-electron chi connectivity index (χ2n) is 5.76. The van der Waals surface area contributed by atoms with Crippen molar-refractivity contribution in [3.05, 3.63) is 54.1 Å². The number of imide groups is 1. The second-order valence-corrected chi connectivity index (χ2v) is 5.76. The number of benzene rings is 2. The molecule has 24 heavy (non-hydrogen) atoms. The van der Waals surface area contributed by atoms with E-state index in [1.807, 2.05) is 50.2 Å². The van der Waals surface area contributed by atoms with E-state index in [9.17, 15) is 9.59 Å². The fraction of sp³-hybridized carbons (Fsp3) is 0.263. The van der Waals surface area contributed by atoms with Gasteiger partial charge >= 0.3 is 0 Å². The molecule has 1 aliphatic rings. The third-order valence-electron chi connectivity index (χ3n) is 3.95. The average Bonchev–Trinajstić information content (AvgIpc) is 2.85. The predicted molar refractivity (Wildman–Crippen MR) is 93.3 cm³/mol. The largest absolute Gasteiger partial charge is 0.494 e. The van der Waals surface area contributed by atoms with E-state index in [1.165, 1.54) is 4.90 Å². The van der Waals surface area contributed by atoms with Crippen LogP contribution in [0.5, 0.6) is 5.75 Å². The maximum atomic E-state index is 12.6. The Morgan fingerprint density at radius 2 is 1.75 bits per heavy atom. The van der Waals surface area contributed by atoms with Crippen molar-refractivity contribution in [1.82, 2.24) is 0 Å². The maximum absolute atomic E-state index is 12.6. The first kappa shape index (κ1) is 16.1. The molecule has 1 heterocycles. The van der Waals surface area contributed by atoms with Crippen LogP contribution in [0.3, 0.4) is 0 Å². The number of amides is 2. The molecule has 1 atom stereocenters. The van der Waals surface area contributed by atoms with Gasteiger partial charge in [0.2, 0.25) is 5.91 Å². The fourth-order valence-corrected chi connectivity index (χ4v) is 2.73. The number of carbonyl (C=O) groups is 2. The molecule has 1 N–H and O–H groups in total. The van der Waals surface area contributed by atoms with Crippen molar-refractivity contribution in [1.29, 1.82) is 0 Å². The van der Waals surface area contributed by atoms with Crippen molar-refractivity contribution in [2.24, 2.45) is 0 Å². The van der Waals surface area contributed by atoms with Crippen molar-refractivity contribution >= 4 is 23.2 Å². The third kappa shape index (κ3) is 3.25. The molecular weight excluding hydrogens is 304 g/mol. The lowest BCUT2D eigenvalue weighted by Crippen LogP contribution is -2.34. The molecule has 5 nitrogen and oxygen atoms in total. The van der Waals surface area contributed by atoms with Crippen molar-refractivity contribution < 1.29 is 14.3 Å². The van der Waals surface area contributed by atoms with Crippen LogP contribution < -0.4 is 15.0 Å². The molecule has 0 unspecified atom stereocenters. The monoisotopic (exact) mass is 324 g/mol. The summed E-state index contributed by atoms with van der Waals surface area (Å²) in [6.45, 7) is 4.50. The highest BCUT2D eigenvalue weighted by molar-refractivity contribution is 6.23. The Hall–Kier alpha value is -2.82. The first-order chi connectivity index (χ1) is 11.6. The lowest BCUT2D eigenvalue weighted by atomic mass is 10.2. The highest BCUT2D eigenvalue weighted by atomic mass is 16.5. The summed E-state index contributed by atoms with van der Waals surface area (Å²) in [6.07, 6.45) is 0.153. The molecule has 2 amide bonds. The van der Waals surface area contributed by atoms with Crippen molar-refractivity contribution in [2.75, 3.05) is 16.8 Å². The smallest absolute Gasteiger partial charge is 0.256 e. The van der Waals surface area contributed by atoms with Gasteiger partial charge in [0.15, 0.2) is 0 Å². The number of hydrogen-bond donors (Lipinski definition) is 1. The minimum Gasteiger partial charge on any atom is -0.494 e. The van der Waals surface area contributed by atoms with Gasteiger partial charge in [-0.3, -0.25) is 9.59 Å². The van der Waals surface area contributed by atoms with Crippen LogP contribution in [0.2, 0.25) is 0 Å². The van der Waals surface area contributed by atoms with E-state index >= 15 is 0 Å². The van der Waals surface area contributed by atoms with Crippen molar-refractivity contribution in [2.45, 2.75) is 26.3 Å². The van der Waals surface area contributed by atoms with Crippen LogP contribution >= 0.6 is 0 Å². The summed E-state index contributed by atoms with van der Waals surface area (Å²) in [5.41, 5.74) is 2.49. The molecule has 0 bridgehead atoms. The lowest BCUT2D eigenvalue weighted by Gasteiger charge is -2.16. The zero-order chi connectivity index (χ0) is 17.1. The molecule has 5 heteroatoms. The molecule has 2 aromatic carbocycles. The van der Waals surface area contributed by atoms with E-state index in [1.54, 1.807) is 12.1 Å². The van der Waals surface area contributed by atoms with Gasteiger partial charge in [0.1, 0.15) is 11.8 Å². The van der Waals surface area contributed by atoms with E-state index in [0.29, 0.717) is 12.3 Å². The Morgan fingerprint density at radius 1 is 1.08 bits per heavy atom. The van der Waals surface area contributed by atoms with Gasteiger partial charge < -0.3 is 10.1 Å². The quantitative estimate of drug-likeness (QED) is 0.859. The average molecular weight is 324 g/mol. The number of anilines is 2. The summed E-state index contributed by atoms with van der Waals surface area (Å²) in [5, 5.41) is 3.13. The molecule has 0 aromatic heterocycles. The number of nitrogens with one attached hydrogen (secondary N) is 1. The van der Waals surface area contributed by atoms with E-state index in [-0.39, 0.29) is 18.2 Å². The van der Waals surface area contributed by atoms with Gasteiger partial charge in [-0.1, -0.05) is 17.7 Å². The summed E-state index contributed by atoms with van der Waals surface area (Å²) in [6, 6.07) is 14.2. The minimum absolute atomic E-state index is 0.153. The van der Waals surface area contributed by atoms with Gasteiger partial charge in [-0.05, 0) is 50.2 Å². The van der Waals surface area contributed by atoms with Gasteiger partial charge in [0.05, 0.1) is 18.7 Å². The molecule has 1 saturated heterocycles. The molecule has 124 valence electrons. The summed E-state index contributed by atoms with van der Waals surface area (Å²) in [4.78, 5) is 26.1. The van der Waals surface area contributed by atoms with Gasteiger partial charge in [0, 0.05) is 5.69 Å². The molecule has 2 aromatic rings. The molecule has 3 rings (SSSR count). The number of carbonyl (C=O) groups excluding carboxylic acids is 2. The van der Waals surface area contributed by atoms with Crippen LogP contribution in [0.4, 0.5) is 11.4 Å². The Bertz CT molecular complexity index is 738. The van der Waals surface area contributed by atoms with Crippen LogP contribution in [0, 0.1) is 6.92 Å². The molecular formula is C19H20N2O3. The highest BCUT2D eigenvalue weighted by Gasteiger charge is 2.39. The first-order valence-electron chi connectivity index (χ1n) is 8.01. The van der Waals surface area contributed by atoms with Crippen LogP contribution in [0.15, 0.2) is 48.5 Å². The first-order valence-corrected chi connectivity index (χ1v) is 8.01. The highest BCUT2D eigenvalue weighted by Crippen LogP contribution is 2.26. The van der Waals surface area contributed by atoms with E-state index in [0.717, 1.165) is 17.0 Å². The Morgan fingerprint density at radius 3 is 2.38 bits per heavy atom. The second kappa shape index (κ2) is 6.74. The number of ether oxygens (including phenoxy) is 1. The number of rotatable bonds is 5. The Balaban J connectivity index is 1.72. The molecule has 1 aliphatic heterocycles. The number of aryl methyl sites for hydroxylation is 1. The molecule has 0 aliphatic carbocycles. The SMILES string of the molecule is CCOc1ccc(N[C@H]2CC(=O)N(c3ccc(C)cc3)C2=O)cc1. The zero-order valence-corrected chi connectivity index (χ0v) is 13.8. The fourth-order valence-electron chi connectivity index (χ4n) is 2.73. The zero-order valence-electron chi connectivity index (χ0n) is 13.8. The van der Waals surface area contributed by atoms with E-state index in [4.69, 9.17) is 4.74 Å².